The van der Waals surface area contributed by atoms with E-state index in [2.05, 4.69) is 32.3 Å². The number of para-hydroxylation sites is 1. The van der Waals surface area contributed by atoms with E-state index in [0.29, 0.717) is 23.5 Å². The minimum Gasteiger partial charge on any atom is -0.368 e. The molecule has 2 N–H and O–H groups in total. The van der Waals surface area contributed by atoms with Gasteiger partial charge < -0.3 is 20.4 Å². The number of nitrogens with one attached hydrogen (secondary N) is 2. The number of hydrogen-bond acceptors (Lipinski definition) is 7. The van der Waals surface area contributed by atoms with Crippen LogP contribution < -0.4 is 15.5 Å². The molecule has 0 spiro atoms. The van der Waals surface area contributed by atoms with Crippen molar-refractivity contribution in [1.29, 1.82) is 0 Å². The Morgan fingerprint density at radius 1 is 1.10 bits per heavy atom. The van der Waals surface area contributed by atoms with E-state index in [1.54, 1.807) is 19.0 Å². The van der Waals surface area contributed by atoms with Gasteiger partial charge >= 0.3 is 6.18 Å². The van der Waals surface area contributed by atoms with Crippen molar-refractivity contribution in [2.45, 2.75) is 6.18 Å². The predicted octanol–water partition coefficient (Wildman–Crippen LogP) is 5.58. The number of amides is 2. The van der Waals surface area contributed by atoms with E-state index in [1.807, 2.05) is 30.3 Å². The molecule has 2 amide bonds. The Bertz CT molecular complexity index is 1450. The molecule has 0 aliphatic rings. The van der Waals surface area contributed by atoms with Gasteiger partial charge in [-0.05, 0) is 43.1 Å². The minimum absolute atomic E-state index is 0.100. The van der Waals surface area contributed by atoms with Crippen LogP contribution in [0.5, 0.6) is 0 Å². The number of rotatable bonds is 11. The van der Waals surface area contributed by atoms with Gasteiger partial charge in [0.2, 0.25) is 6.41 Å². The summed E-state index contributed by atoms with van der Waals surface area (Å²) in [6.07, 6.45) is -1.23. The Morgan fingerprint density at radius 2 is 1.83 bits per heavy atom. The second kappa shape index (κ2) is 14.1. The highest BCUT2D eigenvalue weighted by Crippen LogP contribution is 2.30. The van der Waals surface area contributed by atoms with Gasteiger partial charge in [0.15, 0.2) is 5.15 Å². The number of carbonyl (C=O) groups excluding carboxylic acids is 2. The fourth-order valence-corrected chi connectivity index (χ4v) is 3.93. The first kappa shape index (κ1) is 30.8. The smallest absolute Gasteiger partial charge is 0.368 e. The van der Waals surface area contributed by atoms with Crippen LogP contribution in [-0.2, 0) is 11.0 Å². The molecule has 13 heteroatoms. The molecule has 0 aliphatic carbocycles. The lowest BCUT2D eigenvalue weighted by atomic mass is 10.1. The molecule has 3 rings (SSSR count). The zero-order chi connectivity index (χ0) is 30.0. The van der Waals surface area contributed by atoms with E-state index in [0.717, 1.165) is 23.9 Å². The molecular weight excluding hydrogens is 559 g/mol. The van der Waals surface area contributed by atoms with E-state index in [-0.39, 0.29) is 29.6 Å². The van der Waals surface area contributed by atoms with E-state index in [1.165, 1.54) is 29.4 Å². The maximum Gasteiger partial charge on any atom is 0.416 e. The maximum atomic E-state index is 13.1. The number of carbonyl (C=O) groups is 2. The number of alkyl halides is 3. The molecule has 0 radical (unpaired) electrons. The monoisotopic (exact) mass is 585 g/mol. The summed E-state index contributed by atoms with van der Waals surface area (Å²) in [6, 6.07) is 15.0. The van der Waals surface area contributed by atoms with Gasteiger partial charge in [-0.1, -0.05) is 35.9 Å². The predicted molar refractivity (Wildman–Crippen MR) is 156 cm³/mol. The van der Waals surface area contributed by atoms with Crippen molar-refractivity contribution >= 4 is 53.5 Å². The average Bonchev–Trinajstić information content (AvgIpc) is 2.96. The van der Waals surface area contributed by atoms with Gasteiger partial charge in [0, 0.05) is 43.7 Å². The summed E-state index contributed by atoms with van der Waals surface area (Å²) in [4.78, 5) is 39.8. The molecule has 2 aromatic carbocycles. The zero-order valence-electron chi connectivity index (χ0n) is 22.2. The standard InChI is InChI=1S/C28H27ClF3N7O2/c1-33-14-20(26(39(3)18-40)36-17-35-22-10-5-4-6-11-22)16-38(2)24-13-23(15-34-25(24)29)37-27(41)19-8-7-9-21(12-19)28(30,31)32/h4-15,18,35H,1,16-17H2,2-3H3,(H,37,41)/b20-14-,36-26+. The second-order valence-electron chi connectivity index (χ2n) is 8.66. The van der Waals surface area contributed by atoms with Crippen LogP contribution >= 0.6 is 11.6 Å². The molecule has 1 heterocycles. The van der Waals surface area contributed by atoms with Crippen LogP contribution in [0.15, 0.2) is 88.6 Å². The number of aliphatic imine (C=N–C) groups is 2. The highest BCUT2D eigenvalue weighted by Gasteiger charge is 2.31. The summed E-state index contributed by atoms with van der Waals surface area (Å²) in [5.74, 6) is -0.432. The average molecular weight is 586 g/mol. The van der Waals surface area contributed by atoms with Crippen molar-refractivity contribution < 1.29 is 22.8 Å². The van der Waals surface area contributed by atoms with Crippen LogP contribution in [0.3, 0.4) is 0 Å². The van der Waals surface area contributed by atoms with Crippen LogP contribution in [0.2, 0.25) is 5.15 Å². The number of pyridine rings is 1. The number of halogens is 4. The van der Waals surface area contributed by atoms with Crippen LogP contribution in [0, 0.1) is 0 Å². The zero-order valence-corrected chi connectivity index (χ0v) is 22.9. The summed E-state index contributed by atoms with van der Waals surface area (Å²) in [6.45, 7) is 3.82. The van der Waals surface area contributed by atoms with Crippen LogP contribution in [0.4, 0.5) is 30.2 Å². The van der Waals surface area contributed by atoms with E-state index < -0.39 is 17.6 Å². The van der Waals surface area contributed by atoms with Crippen molar-refractivity contribution in [3.05, 3.63) is 94.9 Å². The van der Waals surface area contributed by atoms with Crippen molar-refractivity contribution in [1.82, 2.24) is 9.88 Å². The second-order valence-corrected chi connectivity index (χ2v) is 9.02. The molecule has 0 saturated heterocycles. The minimum atomic E-state index is -4.59. The van der Waals surface area contributed by atoms with E-state index in [9.17, 15) is 22.8 Å². The fourth-order valence-electron chi connectivity index (χ4n) is 3.68. The Kier molecular flexibility index (Phi) is 10.6. The normalized spacial score (nSPS) is 12.0. The molecule has 3 aromatic rings. The molecule has 0 bridgehead atoms. The molecule has 0 saturated carbocycles. The lowest BCUT2D eigenvalue weighted by molar-refractivity contribution is -0.137. The summed E-state index contributed by atoms with van der Waals surface area (Å²) in [5, 5.41) is 5.79. The van der Waals surface area contributed by atoms with Crippen LogP contribution in [0.1, 0.15) is 15.9 Å². The molecule has 41 heavy (non-hydrogen) atoms. The number of likely N-dealkylation sites (N-methyl/N-ethyl adjacent to an activating group) is 2. The van der Waals surface area contributed by atoms with Gasteiger partial charge in [-0.15, -0.1) is 0 Å². The quantitative estimate of drug-likeness (QED) is 0.132. The molecule has 0 aliphatic heterocycles. The van der Waals surface area contributed by atoms with E-state index >= 15 is 0 Å². The SMILES string of the molecule is C=N/C=C(CN(C)c1cc(NC(=O)c2cccc(C(F)(F)F)c2)cnc1Cl)\C(=N/CNc1ccccc1)N(C)C=O. The first-order chi connectivity index (χ1) is 19.5. The summed E-state index contributed by atoms with van der Waals surface area (Å²) in [5.41, 5.74) is 0.841. The number of anilines is 3. The number of benzene rings is 2. The highest BCUT2D eigenvalue weighted by molar-refractivity contribution is 6.32. The third kappa shape index (κ3) is 8.64. The van der Waals surface area contributed by atoms with E-state index in [4.69, 9.17) is 11.6 Å². The Hall–Kier alpha value is -4.71. The number of amidine groups is 1. The number of aromatic nitrogens is 1. The third-order valence-corrected chi connectivity index (χ3v) is 5.95. The van der Waals surface area contributed by atoms with Gasteiger partial charge in [0.1, 0.15) is 12.5 Å². The van der Waals surface area contributed by atoms with Gasteiger partial charge in [-0.25, -0.2) is 9.98 Å². The topological polar surface area (TPSA) is 102 Å². The van der Waals surface area contributed by atoms with Crippen molar-refractivity contribution in [3.63, 3.8) is 0 Å². The third-order valence-electron chi connectivity index (χ3n) is 5.66. The largest absolute Gasteiger partial charge is 0.416 e. The summed E-state index contributed by atoms with van der Waals surface area (Å²) in [7, 11) is 3.24. The van der Waals surface area contributed by atoms with Crippen molar-refractivity contribution in [2.24, 2.45) is 9.98 Å². The Labute approximate surface area is 240 Å². The van der Waals surface area contributed by atoms with Gasteiger partial charge in [-0.3, -0.25) is 14.6 Å². The van der Waals surface area contributed by atoms with Gasteiger partial charge in [0.25, 0.3) is 5.91 Å². The lowest BCUT2D eigenvalue weighted by Gasteiger charge is -2.25. The van der Waals surface area contributed by atoms with Crippen LogP contribution in [0.25, 0.3) is 0 Å². The molecule has 0 unspecified atom stereocenters. The van der Waals surface area contributed by atoms with Crippen molar-refractivity contribution in [2.75, 3.05) is 42.8 Å². The molecule has 0 atom stereocenters. The molecule has 9 nitrogen and oxygen atoms in total. The van der Waals surface area contributed by atoms with Gasteiger partial charge in [-0.2, -0.15) is 13.2 Å². The first-order valence-electron chi connectivity index (χ1n) is 12.1. The van der Waals surface area contributed by atoms with Crippen LogP contribution in [-0.4, -0.2) is 62.1 Å². The molecule has 1 aromatic heterocycles. The highest BCUT2D eigenvalue weighted by atomic mass is 35.5. The Balaban J connectivity index is 1.81. The maximum absolute atomic E-state index is 13.1. The summed E-state index contributed by atoms with van der Waals surface area (Å²) >= 11 is 6.34. The number of hydrogen-bond donors (Lipinski definition) is 2. The first-order valence-corrected chi connectivity index (χ1v) is 12.4. The van der Waals surface area contributed by atoms with Crippen molar-refractivity contribution in [3.8, 4) is 0 Å². The Morgan fingerprint density at radius 3 is 2.49 bits per heavy atom. The fraction of sp³-hybridized carbons (Fsp3) is 0.179. The summed E-state index contributed by atoms with van der Waals surface area (Å²) < 4.78 is 39.2. The number of nitrogens with zero attached hydrogens (tertiary/aromatic N) is 5. The van der Waals surface area contributed by atoms with Gasteiger partial charge in [0.05, 0.1) is 23.1 Å². The molecular formula is C28H27ClF3N7O2. The lowest BCUT2D eigenvalue weighted by Crippen LogP contribution is -2.33. The molecule has 0 fully saturated rings. The molecule has 214 valence electrons.